The van der Waals surface area contributed by atoms with Gasteiger partial charge in [-0.15, -0.1) is 0 Å². The summed E-state index contributed by atoms with van der Waals surface area (Å²) in [6.45, 7) is 0. The zero-order valence-corrected chi connectivity index (χ0v) is 6.86. The van der Waals surface area contributed by atoms with Crippen LogP contribution in [0.3, 0.4) is 0 Å². The van der Waals surface area contributed by atoms with Crippen molar-refractivity contribution < 1.29 is 14.7 Å². The first-order chi connectivity index (χ1) is 6.15. The molecule has 0 aliphatic heterocycles. The number of carboxylic acids is 1. The van der Waals surface area contributed by atoms with Gasteiger partial charge in [0.05, 0.1) is 5.56 Å². The van der Waals surface area contributed by atoms with Crippen molar-refractivity contribution in [3.05, 3.63) is 29.3 Å². The maximum absolute atomic E-state index is 10.7. The van der Waals surface area contributed by atoms with Crippen molar-refractivity contribution in [3.8, 4) is 0 Å². The van der Waals surface area contributed by atoms with Gasteiger partial charge in [-0.05, 0) is 23.8 Å². The summed E-state index contributed by atoms with van der Waals surface area (Å²) in [6.07, 6.45) is 0.730. The quantitative estimate of drug-likeness (QED) is 0.529. The highest BCUT2D eigenvalue weighted by atomic mass is 16.4. The molecule has 0 heterocycles. The molecule has 0 spiro atoms. The molecule has 3 N–H and O–H groups in total. The van der Waals surface area contributed by atoms with Gasteiger partial charge in [-0.1, -0.05) is 0 Å². The highest BCUT2D eigenvalue weighted by Crippen LogP contribution is 2.13. The van der Waals surface area contributed by atoms with Gasteiger partial charge in [-0.3, -0.25) is 0 Å². The molecule has 0 atom stereocenters. The molecule has 0 radical (unpaired) electrons. The smallest absolute Gasteiger partial charge is 0.335 e. The lowest BCUT2D eigenvalue weighted by Gasteiger charge is -2.02. The van der Waals surface area contributed by atoms with Crippen molar-refractivity contribution in [2.24, 2.45) is 0 Å². The molecule has 13 heavy (non-hydrogen) atoms. The molecule has 68 valence electrons. The maximum atomic E-state index is 10.7. The van der Waals surface area contributed by atoms with E-state index in [0.717, 1.165) is 0 Å². The molecule has 4 heteroatoms. The van der Waals surface area contributed by atoms with Crippen LogP contribution in [0.5, 0.6) is 0 Å². The Morgan fingerprint density at radius 2 is 2.23 bits per heavy atom. The number of carboxylic acid groups (broad SMARTS) is 1. The minimum absolute atomic E-state index is 0.0761. The van der Waals surface area contributed by atoms with Crippen LogP contribution in [-0.4, -0.2) is 17.4 Å². The molecule has 1 rings (SSSR count). The standard InChI is InChI=1S/C9H9NO3/c10-7-1-2-8(9(12)13)6(5-7)3-4-11/h1-2,4-5H,3,10H2,(H,12,13). The Kier molecular flexibility index (Phi) is 2.64. The summed E-state index contributed by atoms with van der Waals surface area (Å²) < 4.78 is 0. The van der Waals surface area contributed by atoms with Crippen molar-refractivity contribution >= 4 is 17.9 Å². The van der Waals surface area contributed by atoms with E-state index in [9.17, 15) is 9.59 Å². The lowest BCUT2D eigenvalue weighted by molar-refractivity contribution is -0.107. The maximum Gasteiger partial charge on any atom is 0.335 e. The van der Waals surface area contributed by atoms with Crippen LogP contribution in [0.15, 0.2) is 18.2 Å². The monoisotopic (exact) mass is 179 g/mol. The Hall–Kier alpha value is -1.84. The van der Waals surface area contributed by atoms with E-state index < -0.39 is 5.97 Å². The number of carbonyl (C=O) groups is 2. The van der Waals surface area contributed by atoms with Crippen LogP contribution in [0.2, 0.25) is 0 Å². The third-order valence-electron chi connectivity index (χ3n) is 1.66. The molecule has 1 aromatic rings. The number of nitrogens with two attached hydrogens (primary N) is 1. The summed E-state index contributed by atoms with van der Waals surface area (Å²) in [4.78, 5) is 20.9. The zero-order chi connectivity index (χ0) is 9.84. The second kappa shape index (κ2) is 3.71. The largest absolute Gasteiger partial charge is 0.478 e. The number of aromatic carboxylic acids is 1. The summed E-state index contributed by atoms with van der Waals surface area (Å²) in [5.41, 5.74) is 6.48. The molecule has 0 aliphatic carbocycles. The molecule has 0 bridgehead atoms. The van der Waals surface area contributed by atoms with E-state index in [-0.39, 0.29) is 12.0 Å². The van der Waals surface area contributed by atoms with Crippen molar-refractivity contribution in [2.75, 3.05) is 5.73 Å². The number of benzene rings is 1. The highest BCUT2D eigenvalue weighted by molar-refractivity contribution is 5.90. The number of aldehydes is 1. The van der Waals surface area contributed by atoms with E-state index in [4.69, 9.17) is 10.8 Å². The fraction of sp³-hybridized carbons (Fsp3) is 0.111. The Balaban J connectivity index is 3.17. The number of anilines is 1. The number of hydrogen-bond donors (Lipinski definition) is 2. The van der Waals surface area contributed by atoms with E-state index in [0.29, 0.717) is 17.5 Å². The summed E-state index contributed by atoms with van der Waals surface area (Å²) in [7, 11) is 0. The fourth-order valence-corrected chi connectivity index (χ4v) is 1.08. The molecule has 4 nitrogen and oxygen atoms in total. The van der Waals surface area contributed by atoms with Crippen molar-refractivity contribution in [3.63, 3.8) is 0 Å². The summed E-state index contributed by atoms with van der Waals surface area (Å²) in [5, 5.41) is 8.73. The minimum Gasteiger partial charge on any atom is -0.478 e. The molecule has 0 unspecified atom stereocenters. The van der Waals surface area contributed by atoms with Gasteiger partial charge in [0.1, 0.15) is 6.29 Å². The molecule has 0 saturated heterocycles. The lowest BCUT2D eigenvalue weighted by Crippen LogP contribution is -2.03. The normalized spacial score (nSPS) is 9.54. The Labute approximate surface area is 75.0 Å². The second-order valence-electron chi connectivity index (χ2n) is 2.59. The predicted octanol–water partition coefficient (Wildman–Crippen LogP) is 0.708. The van der Waals surface area contributed by atoms with Crippen LogP contribution in [0.25, 0.3) is 0 Å². The number of carbonyl (C=O) groups excluding carboxylic acids is 1. The summed E-state index contributed by atoms with van der Waals surface area (Å²) in [6, 6.07) is 4.39. The van der Waals surface area contributed by atoms with E-state index in [1.165, 1.54) is 18.2 Å². The van der Waals surface area contributed by atoms with Crippen LogP contribution in [0.1, 0.15) is 15.9 Å². The van der Waals surface area contributed by atoms with E-state index in [2.05, 4.69) is 0 Å². The van der Waals surface area contributed by atoms with Crippen molar-refractivity contribution in [1.82, 2.24) is 0 Å². The zero-order valence-electron chi connectivity index (χ0n) is 6.86. The Morgan fingerprint density at radius 3 is 2.77 bits per heavy atom. The predicted molar refractivity (Wildman–Crippen MR) is 47.6 cm³/mol. The average molecular weight is 179 g/mol. The Bertz CT molecular complexity index is 347. The number of nitrogen functional groups attached to an aromatic ring is 1. The SMILES string of the molecule is Nc1ccc(C(=O)O)c(CC=O)c1. The van der Waals surface area contributed by atoms with Gasteiger partial charge in [0.2, 0.25) is 0 Å². The topological polar surface area (TPSA) is 80.4 Å². The second-order valence-corrected chi connectivity index (χ2v) is 2.59. The third kappa shape index (κ3) is 2.05. The summed E-state index contributed by atoms with van der Waals surface area (Å²) in [5.74, 6) is -1.04. The minimum atomic E-state index is -1.04. The van der Waals surface area contributed by atoms with Gasteiger partial charge in [0.15, 0.2) is 0 Å². The molecule has 0 aliphatic rings. The molecule has 0 saturated carbocycles. The van der Waals surface area contributed by atoms with Crippen LogP contribution < -0.4 is 5.73 Å². The Morgan fingerprint density at radius 1 is 1.54 bits per heavy atom. The van der Waals surface area contributed by atoms with Crippen LogP contribution in [0, 0.1) is 0 Å². The van der Waals surface area contributed by atoms with Gasteiger partial charge in [0, 0.05) is 12.1 Å². The van der Waals surface area contributed by atoms with E-state index >= 15 is 0 Å². The van der Waals surface area contributed by atoms with Gasteiger partial charge in [-0.2, -0.15) is 0 Å². The average Bonchev–Trinajstić information content (AvgIpc) is 2.04. The molecule has 0 amide bonds. The fourth-order valence-electron chi connectivity index (χ4n) is 1.08. The van der Waals surface area contributed by atoms with Gasteiger partial charge < -0.3 is 15.6 Å². The van der Waals surface area contributed by atoms with Crippen molar-refractivity contribution in [2.45, 2.75) is 6.42 Å². The lowest BCUT2D eigenvalue weighted by atomic mass is 10.0. The molecular formula is C9H9NO3. The van der Waals surface area contributed by atoms with Crippen LogP contribution >= 0.6 is 0 Å². The molecule has 0 aromatic heterocycles. The van der Waals surface area contributed by atoms with Crippen LogP contribution in [-0.2, 0) is 11.2 Å². The van der Waals surface area contributed by atoms with E-state index in [1.807, 2.05) is 0 Å². The van der Waals surface area contributed by atoms with Crippen molar-refractivity contribution in [1.29, 1.82) is 0 Å². The number of hydrogen-bond acceptors (Lipinski definition) is 3. The van der Waals surface area contributed by atoms with Gasteiger partial charge in [0.25, 0.3) is 0 Å². The third-order valence-corrected chi connectivity index (χ3v) is 1.66. The number of rotatable bonds is 3. The molecular weight excluding hydrogens is 170 g/mol. The first-order valence-electron chi connectivity index (χ1n) is 3.70. The van der Waals surface area contributed by atoms with Gasteiger partial charge in [-0.25, -0.2) is 4.79 Å². The first kappa shape index (κ1) is 9.25. The first-order valence-corrected chi connectivity index (χ1v) is 3.70. The molecule has 1 aromatic carbocycles. The van der Waals surface area contributed by atoms with E-state index in [1.54, 1.807) is 0 Å². The van der Waals surface area contributed by atoms with Crippen LogP contribution in [0.4, 0.5) is 5.69 Å². The highest BCUT2D eigenvalue weighted by Gasteiger charge is 2.08. The summed E-state index contributed by atoms with van der Waals surface area (Å²) >= 11 is 0. The molecule has 0 fully saturated rings. The van der Waals surface area contributed by atoms with Gasteiger partial charge >= 0.3 is 5.97 Å².